The van der Waals surface area contributed by atoms with Gasteiger partial charge in [-0.3, -0.25) is 4.68 Å². The quantitative estimate of drug-likeness (QED) is 0.808. The maximum absolute atomic E-state index is 11.5. The van der Waals surface area contributed by atoms with Crippen LogP contribution in [0, 0.1) is 0 Å². The van der Waals surface area contributed by atoms with E-state index in [2.05, 4.69) is 9.82 Å². The summed E-state index contributed by atoms with van der Waals surface area (Å²) in [5.41, 5.74) is 0.798. The Labute approximate surface area is 87.8 Å². The zero-order valence-electron chi connectivity index (χ0n) is 8.43. The van der Waals surface area contributed by atoms with E-state index in [1.54, 1.807) is 36.1 Å². The Morgan fingerprint density at radius 1 is 1.40 bits per heavy atom. The summed E-state index contributed by atoms with van der Waals surface area (Å²) in [7, 11) is -0.208. The van der Waals surface area contributed by atoms with E-state index in [0.29, 0.717) is 0 Å². The van der Waals surface area contributed by atoms with Crippen molar-refractivity contribution in [3.63, 3.8) is 0 Å². The second-order valence-corrected chi connectivity index (χ2v) is 5.08. The zero-order chi connectivity index (χ0) is 11.1. The lowest BCUT2D eigenvalue weighted by Crippen LogP contribution is -2.18. The molecule has 6 heteroatoms. The highest BCUT2D eigenvalue weighted by molar-refractivity contribution is 7.89. The second-order valence-electron chi connectivity index (χ2n) is 3.20. The Hall–Kier alpha value is -1.40. The van der Waals surface area contributed by atoms with Gasteiger partial charge in [0.1, 0.15) is 0 Å². The lowest BCUT2D eigenvalue weighted by Gasteiger charge is -2.02. The van der Waals surface area contributed by atoms with Crippen molar-refractivity contribution in [2.45, 2.75) is 4.90 Å². The summed E-state index contributed by atoms with van der Waals surface area (Å²) in [6.07, 6.45) is 1.70. The molecule has 0 saturated carbocycles. The van der Waals surface area contributed by atoms with Crippen LogP contribution >= 0.6 is 0 Å². The van der Waals surface area contributed by atoms with Gasteiger partial charge in [-0.05, 0) is 25.2 Å². The van der Waals surface area contributed by atoms with Crippen LogP contribution in [-0.2, 0) is 17.1 Å². The number of sulfonamides is 1. The molecule has 15 heavy (non-hydrogen) atoms. The number of nitrogens with one attached hydrogen (secondary N) is 1. The molecule has 0 aliphatic carbocycles. The molecule has 0 bridgehead atoms. The van der Waals surface area contributed by atoms with Crippen LogP contribution in [0.1, 0.15) is 0 Å². The first-order chi connectivity index (χ1) is 7.04. The third-order valence-corrected chi connectivity index (χ3v) is 3.71. The number of fused-ring (bicyclic) bond motifs is 1. The van der Waals surface area contributed by atoms with Crippen molar-refractivity contribution in [2.24, 2.45) is 7.05 Å². The van der Waals surface area contributed by atoms with Crippen molar-refractivity contribution in [1.82, 2.24) is 14.5 Å². The van der Waals surface area contributed by atoms with Gasteiger partial charge in [0, 0.05) is 12.4 Å². The molecule has 5 nitrogen and oxygen atoms in total. The molecule has 0 fully saturated rings. The first kappa shape index (κ1) is 10.1. The number of benzene rings is 1. The zero-order valence-corrected chi connectivity index (χ0v) is 9.25. The Morgan fingerprint density at radius 2 is 2.13 bits per heavy atom. The van der Waals surface area contributed by atoms with E-state index in [-0.39, 0.29) is 4.90 Å². The molecule has 0 saturated heterocycles. The number of rotatable bonds is 2. The molecule has 1 N–H and O–H groups in total. The predicted octanol–water partition coefficient (Wildman–Crippen LogP) is 0.481. The molecule has 0 aliphatic heterocycles. The fraction of sp³-hybridized carbons (Fsp3) is 0.222. The molecule has 2 aromatic rings. The third kappa shape index (κ3) is 1.62. The summed E-state index contributed by atoms with van der Waals surface area (Å²) in [5, 5.41) is 4.97. The van der Waals surface area contributed by atoms with Crippen LogP contribution < -0.4 is 4.72 Å². The van der Waals surface area contributed by atoms with E-state index in [1.807, 2.05) is 0 Å². The summed E-state index contributed by atoms with van der Waals surface area (Å²) < 4.78 is 27.0. The van der Waals surface area contributed by atoms with E-state index in [9.17, 15) is 8.42 Å². The minimum atomic E-state index is -3.38. The maximum Gasteiger partial charge on any atom is 0.240 e. The largest absolute Gasteiger partial charge is 0.268 e. The molecule has 0 atom stereocenters. The van der Waals surface area contributed by atoms with Crippen LogP contribution in [0.4, 0.5) is 0 Å². The Kier molecular flexibility index (Phi) is 2.24. The molecule has 1 aromatic heterocycles. The number of aryl methyl sites for hydroxylation is 1. The molecular formula is C9H11N3O2S. The van der Waals surface area contributed by atoms with Gasteiger partial charge in [0.15, 0.2) is 0 Å². The minimum Gasteiger partial charge on any atom is -0.268 e. The molecule has 2 rings (SSSR count). The van der Waals surface area contributed by atoms with Crippen molar-refractivity contribution >= 4 is 20.9 Å². The van der Waals surface area contributed by atoms with Crippen LogP contribution in [-0.4, -0.2) is 25.2 Å². The standard InChI is InChI=1S/C9H11N3O2S/c1-10-15(13,14)8-4-3-7-6-11-12(2)9(7)5-8/h3-6,10H,1-2H3. The summed E-state index contributed by atoms with van der Waals surface area (Å²) in [6, 6.07) is 4.91. The van der Waals surface area contributed by atoms with E-state index < -0.39 is 10.0 Å². The van der Waals surface area contributed by atoms with Gasteiger partial charge in [-0.2, -0.15) is 5.10 Å². The molecule has 0 radical (unpaired) electrons. The minimum absolute atomic E-state index is 0.251. The van der Waals surface area contributed by atoms with Crippen molar-refractivity contribution < 1.29 is 8.42 Å². The van der Waals surface area contributed by atoms with E-state index in [0.717, 1.165) is 10.9 Å². The van der Waals surface area contributed by atoms with Gasteiger partial charge in [0.05, 0.1) is 16.6 Å². The molecule has 0 aliphatic rings. The lowest BCUT2D eigenvalue weighted by atomic mass is 10.3. The number of aromatic nitrogens is 2. The van der Waals surface area contributed by atoms with Crippen molar-refractivity contribution in [2.75, 3.05) is 7.05 Å². The van der Waals surface area contributed by atoms with Crippen LogP contribution in [0.2, 0.25) is 0 Å². The van der Waals surface area contributed by atoms with E-state index >= 15 is 0 Å². The summed E-state index contributed by atoms with van der Waals surface area (Å²) >= 11 is 0. The normalized spacial score (nSPS) is 12.1. The second kappa shape index (κ2) is 3.32. The first-order valence-electron chi connectivity index (χ1n) is 4.40. The van der Waals surface area contributed by atoms with E-state index in [4.69, 9.17) is 0 Å². The van der Waals surface area contributed by atoms with E-state index in [1.165, 1.54) is 7.05 Å². The fourth-order valence-corrected chi connectivity index (χ4v) is 2.16. The van der Waals surface area contributed by atoms with Gasteiger partial charge in [-0.15, -0.1) is 0 Å². The first-order valence-corrected chi connectivity index (χ1v) is 5.88. The monoisotopic (exact) mass is 225 g/mol. The number of hydrogen-bond donors (Lipinski definition) is 1. The van der Waals surface area contributed by atoms with Gasteiger partial charge in [-0.25, -0.2) is 13.1 Å². The maximum atomic E-state index is 11.5. The summed E-state index contributed by atoms with van der Waals surface area (Å²) in [5.74, 6) is 0. The molecule has 0 unspecified atom stereocenters. The molecular weight excluding hydrogens is 214 g/mol. The summed E-state index contributed by atoms with van der Waals surface area (Å²) in [4.78, 5) is 0.251. The van der Waals surface area contributed by atoms with Gasteiger partial charge >= 0.3 is 0 Å². The average molecular weight is 225 g/mol. The van der Waals surface area contributed by atoms with Gasteiger partial charge in [0.25, 0.3) is 0 Å². The fourth-order valence-electron chi connectivity index (χ4n) is 1.41. The van der Waals surface area contributed by atoms with Crippen molar-refractivity contribution in [3.8, 4) is 0 Å². The van der Waals surface area contributed by atoms with Crippen molar-refractivity contribution in [1.29, 1.82) is 0 Å². The highest BCUT2D eigenvalue weighted by atomic mass is 32.2. The topological polar surface area (TPSA) is 64.0 Å². The van der Waals surface area contributed by atoms with Gasteiger partial charge in [0.2, 0.25) is 10.0 Å². The number of nitrogens with zero attached hydrogens (tertiary/aromatic N) is 2. The van der Waals surface area contributed by atoms with Crippen LogP contribution in [0.5, 0.6) is 0 Å². The Balaban J connectivity index is 2.70. The molecule has 0 amide bonds. The van der Waals surface area contributed by atoms with Crippen molar-refractivity contribution in [3.05, 3.63) is 24.4 Å². The molecule has 0 spiro atoms. The Bertz CT molecular complexity index is 601. The summed E-state index contributed by atoms with van der Waals surface area (Å²) in [6.45, 7) is 0. The van der Waals surface area contributed by atoms with Crippen LogP contribution in [0.15, 0.2) is 29.3 Å². The molecule has 1 heterocycles. The smallest absolute Gasteiger partial charge is 0.240 e. The number of hydrogen-bond acceptors (Lipinski definition) is 3. The van der Waals surface area contributed by atoms with Gasteiger partial charge in [-0.1, -0.05) is 0 Å². The highest BCUT2D eigenvalue weighted by Gasteiger charge is 2.12. The SMILES string of the molecule is CNS(=O)(=O)c1ccc2cnn(C)c2c1. The highest BCUT2D eigenvalue weighted by Crippen LogP contribution is 2.17. The Morgan fingerprint density at radius 3 is 2.80 bits per heavy atom. The molecule has 1 aromatic carbocycles. The lowest BCUT2D eigenvalue weighted by molar-refractivity contribution is 0.588. The van der Waals surface area contributed by atoms with Crippen LogP contribution in [0.3, 0.4) is 0 Å². The molecule has 80 valence electrons. The predicted molar refractivity (Wildman–Crippen MR) is 57.0 cm³/mol. The average Bonchev–Trinajstić information content (AvgIpc) is 2.60. The third-order valence-electron chi connectivity index (χ3n) is 2.30. The van der Waals surface area contributed by atoms with Gasteiger partial charge < -0.3 is 0 Å². The van der Waals surface area contributed by atoms with Crippen LogP contribution in [0.25, 0.3) is 10.9 Å².